The number of amides is 1. The molecule has 0 saturated carbocycles. The summed E-state index contributed by atoms with van der Waals surface area (Å²) in [5, 5.41) is 10.4. The minimum absolute atomic E-state index is 0.0230. The molecule has 0 unspecified atom stereocenters. The van der Waals surface area contributed by atoms with Crippen molar-refractivity contribution in [2.45, 2.75) is 0 Å². The molecule has 1 aromatic carbocycles. The van der Waals surface area contributed by atoms with Gasteiger partial charge in [0.1, 0.15) is 5.82 Å². The molecule has 13 heavy (non-hydrogen) atoms. The van der Waals surface area contributed by atoms with E-state index in [0.717, 1.165) is 6.07 Å². The third-order valence-corrected chi connectivity index (χ3v) is 2.17. The van der Waals surface area contributed by atoms with Crippen LogP contribution in [0, 0.1) is 5.82 Å². The Morgan fingerprint density at radius 1 is 1.62 bits per heavy atom. The zero-order chi connectivity index (χ0) is 10.0. The van der Waals surface area contributed by atoms with Crippen molar-refractivity contribution < 1.29 is 14.3 Å². The second kappa shape index (κ2) is 3.93. The molecule has 1 aromatic rings. The number of carbonyl (C=O) groups is 1. The highest BCUT2D eigenvalue weighted by atomic mass is 79.9. The van der Waals surface area contributed by atoms with Crippen molar-refractivity contribution in [3.8, 4) is 0 Å². The molecular weight excluding hydrogens is 264 g/mol. The molecule has 1 rings (SSSR count). The van der Waals surface area contributed by atoms with Crippen molar-refractivity contribution in [3.05, 3.63) is 27.4 Å². The maximum Gasteiger partial charge on any atom is 0.409 e. The molecule has 0 heterocycles. The summed E-state index contributed by atoms with van der Waals surface area (Å²) in [4.78, 5) is 10.2. The molecule has 3 nitrogen and oxygen atoms in total. The first-order valence-electron chi connectivity index (χ1n) is 3.15. The van der Waals surface area contributed by atoms with Crippen molar-refractivity contribution in [1.29, 1.82) is 0 Å². The third kappa shape index (κ3) is 2.57. The lowest BCUT2D eigenvalue weighted by Crippen LogP contribution is -2.07. The van der Waals surface area contributed by atoms with Crippen LogP contribution in [0.25, 0.3) is 0 Å². The molecule has 0 spiro atoms. The second-order valence-corrected chi connectivity index (χ2v) is 3.44. The highest BCUT2D eigenvalue weighted by Gasteiger charge is 2.08. The number of carboxylic acid groups (broad SMARTS) is 1. The van der Waals surface area contributed by atoms with Gasteiger partial charge in [-0.2, -0.15) is 0 Å². The van der Waals surface area contributed by atoms with Crippen LogP contribution in [0.5, 0.6) is 0 Å². The van der Waals surface area contributed by atoms with Crippen molar-refractivity contribution >= 4 is 39.3 Å². The van der Waals surface area contributed by atoms with Crippen LogP contribution in [-0.4, -0.2) is 11.2 Å². The monoisotopic (exact) mass is 267 g/mol. The molecule has 0 bridgehead atoms. The molecule has 0 atom stereocenters. The molecule has 0 radical (unpaired) electrons. The molecule has 0 aliphatic heterocycles. The molecule has 0 aromatic heterocycles. The van der Waals surface area contributed by atoms with Crippen molar-refractivity contribution in [2.75, 3.05) is 5.32 Å². The normalized spacial score (nSPS) is 9.77. The summed E-state index contributed by atoms with van der Waals surface area (Å²) in [6, 6.07) is 2.28. The van der Waals surface area contributed by atoms with Crippen molar-refractivity contribution in [2.24, 2.45) is 0 Å². The molecule has 70 valence electrons. The number of halogens is 3. The van der Waals surface area contributed by atoms with E-state index in [2.05, 4.69) is 15.9 Å². The minimum atomic E-state index is -1.29. The van der Waals surface area contributed by atoms with E-state index < -0.39 is 11.9 Å². The Hall–Kier alpha value is -0.810. The van der Waals surface area contributed by atoms with Crippen LogP contribution >= 0.6 is 27.5 Å². The smallest absolute Gasteiger partial charge is 0.409 e. The van der Waals surface area contributed by atoms with E-state index in [4.69, 9.17) is 16.7 Å². The van der Waals surface area contributed by atoms with Gasteiger partial charge in [-0.3, -0.25) is 5.32 Å². The Bertz CT molecular complexity index is 359. The molecular formula is C7H4BrClFNO2. The first-order valence-corrected chi connectivity index (χ1v) is 4.32. The SMILES string of the molecule is O=C(O)Nc1cc(F)c(Br)cc1Cl. The van der Waals surface area contributed by atoms with E-state index in [1.807, 2.05) is 5.32 Å². The van der Waals surface area contributed by atoms with Gasteiger partial charge >= 0.3 is 6.09 Å². The largest absolute Gasteiger partial charge is 0.465 e. The summed E-state index contributed by atoms with van der Waals surface area (Å²) in [6.45, 7) is 0. The van der Waals surface area contributed by atoms with Gasteiger partial charge in [0, 0.05) is 6.07 Å². The summed E-state index contributed by atoms with van der Waals surface area (Å²) in [5.74, 6) is -0.576. The van der Waals surface area contributed by atoms with Crippen LogP contribution in [-0.2, 0) is 0 Å². The lowest BCUT2D eigenvalue weighted by Gasteiger charge is -2.04. The lowest BCUT2D eigenvalue weighted by atomic mass is 10.3. The fraction of sp³-hybridized carbons (Fsp3) is 0. The Morgan fingerprint density at radius 3 is 2.77 bits per heavy atom. The highest BCUT2D eigenvalue weighted by Crippen LogP contribution is 2.28. The highest BCUT2D eigenvalue weighted by molar-refractivity contribution is 9.10. The molecule has 0 aliphatic rings. The Labute approximate surface area is 86.6 Å². The standard InChI is InChI=1S/C7H4BrClFNO2/c8-3-1-4(9)6(2-5(3)10)11-7(12)13/h1-2,11H,(H,12,13). The number of anilines is 1. The van der Waals surface area contributed by atoms with E-state index >= 15 is 0 Å². The topological polar surface area (TPSA) is 49.3 Å². The Balaban J connectivity index is 3.08. The van der Waals surface area contributed by atoms with E-state index in [0.29, 0.717) is 0 Å². The third-order valence-electron chi connectivity index (χ3n) is 1.25. The van der Waals surface area contributed by atoms with E-state index in [1.54, 1.807) is 0 Å². The number of benzene rings is 1. The van der Waals surface area contributed by atoms with Gasteiger partial charge in [-0.15, -0.1) is 0 Å². The average Bonchev–Trinajstić information content (AvgIpc) is 1.99. The van der Waals surface area contributed by atoms with Crippen LogP contribution in [0.4, 0.5) is 14.9 Å². The zero-order valence-corrected chi connectivity index (χ0v) is 8.49. The predicted molar refractivity (Wildman–Crippen MR) is 50.8 cm³/mol. The molecule has 2 N–H and O–H groups in total. The van der Waals surface area contributed by atoms with Gasteiger partial charge in [0.05, 0.1) is 15.2 Å². The van der Waals surface area contributed by atoms with Crippen LogP contribution < -0.4 is 5.32 Å². The number of nitrogens with one attached hydrogen (secondary N) is 1. The Kier molecular flexibility index (Phi) is 3.11. The van der Waals surface area contributed by atoms with Gasteiger partial charge in [0.25, 0.3) is 0 Å². The van der Waals surface area contributed by atoms with Gasteiger partial charge in [-0.25, -0.2) is 9.18 Å². The van der Waals surface area contributed by atoms with Crippen LogP contribution in [0.3, 0.4) is 0 Å². The number of hydrogen-bond donors (Lipinski definition) is 2. The van der Waals surface area contributed by atoms with Gasteiger partial charge in [-0.1, -0.05) is 11.6 Å². The fourth-order valence-corrected chi connectivity index (χ4v) is 1.42. The fourth-order valence-electron chi connectivity index (χ4n) is 0.734. The van der Waals surface area contributed by atoms with E-state index in [-0.39, 0.29) is 15.2 Å². The summed E-state index contributed by atoms with van der Waals surface area (Å²) < 4.78 is 13.1. The van der Waals surface area contributed by atoms with Gasteiger partial charge in [0.15, 0.2) is 0 Å². The van der Waals surface area contributed by atoms with Gasteiger partial charge in [-0.05, 0) is 22.0 Å². The van der Waals surface area contributed by atoms with Crippen molar-refractivity contribution in [1.82, 2.24) is 0 Å². The Morgan fingerprint density at radius 2 is 2.23 bits per heavy atom. The lowest BCUT2D eigenvalue weighted by molar-refractivity contribution is 0.209. The van der Waals surface area contributed by atoms with Crippen LogP contribution in [0.1, 0.15) is 0 Å². The summed E-state index contributed by atoms with van der Waals surface area (Å²) >= 11 is 8.53. The maximum atomic E-state index is 12.9. The van der Waals surface area contributed by atoms with E-state index in [1.165, 1.54) is 6.07 Å². The second-order valence-electron chi connectivity index (χ2n) is 2.18. The molecule has 6 heteroatoms. The van der Waals surface area contributed by atoms with Crippen molar-refractivity contribution in [3.63, 3.8) is 0 Å². The van der Waals surface area contributed by atoms with Crippen LogP contribution in [0.15, 0.2) is 16.6 Å². The van der Waals surface area contributed by atoms with E-state index in [9.17, 15) is 9.18 Å². The maximum absolute atomic E-state index is 12.9. The first kappa shape index (κ1) is 10.3. The minimum Gasteiger partial charge on any atom is -0.465 e. The quantitative estimate of drug-likeness (QED) is 0.768. The first-order chi connectivity index (χ1) is 6.00. The number of hydrogen-bond acceptors (Lipinski definition) is 1. The van der Waals surface area contributed by atoms with Gasteiger partial charge < -0.3 is 5.11 Å². The molecule has 1 amide bonds. The molecule has 0 aliphatic carbocycles. The average molecular weight is 268 g/mol. The zero-order valence-electron chi connectivity index (χ0n) is 6.14. The van der Waals surface area contributed by atoms with Gasteiger partial charge in [0.2, 0.25) is 0 Å². The molecule has 0 saturated heterocycles. The summed E-state index contributed by atoms with van der Waals surface area (Å²) in [7, 11) is 0. The predicted octanol–water partition coefficient (Wildman–Crippen LogP) is 3.33. The molecule has 0 fully saturated rings. The summed E-state index contributed by atoms with van der Waals surface area (Å²) in [6.07, 6.45) is -1.29. The summed E-state index contributed by atoms with van der Waals surface area (Å²) in [5.41, 5.74) is 0.0230. The van der Waals surface area contributed by atoms with Crippen LogP contribution in [0.2, 0.25) is 5.02 Å². The number of rotatable bonds is 1.